The molecule has 1 aromatic rings. The van der Waals surface area contributed by atoms with Crippen molar-refractivity contribution in [3.63, 3.8) is 0 Å². The van der Waals surface area contributed by atoms with E-state index in [1.54, 1.807) is 0 Å². The van der Waals surface area contributed by atoms with Crippen molar-refractivity contribution in [1.82, 2.24) is 29.8 Å². The van der Waals surface area contributed by atoms with Crippen molar-refractivity contribution in [2.45, 2.75) is 26.3 Å². The first kappa shape index (κ1) is 20.7. The molecule has 2 heterocycles. The number of aryl methyl sites for hydroxylation is 1. The lowest BCUT2D eigenvalue weighted by Crippen LogP contribution is -2.44. The van der Waals surface area contributed by atoms with E-state index in [2.05, 4.69) is 64.2 Å². The third-order valence-corrected chi connectivity index (χ3v) is 5.39. The molecule has 2 rings (SSSR count). The van der Waals surface area contributed by atoms with E-state index < -0.39 is 0 Å². The second-order valence-electron chi connectivity index (χ2n) is 7.44. The molecule has 1 N–H and O–H groups in total. The molecule has 2 atom stereocenters. The summed E-state index contributed by atoms with van der Waals surface area (Å²) in [7, 11) is 8.06. The summed E-state index contributed by atoms with van der Waals surface area (Å²) in [4.78, 5) is 11.7. The Kier molecular flexibility index (Phi) is 7.90. The van der Waals surface area contributed by atoms with E-state index in [9.17, 15) is 0 Å². The number of hydrogen-bond donors (Lipinski definition) is 1. The van der Waals surface area contributed by atoms with Gasteiger partial charge in [0.25, 0.3) is 0 Å². The van der Waals surface area contributed by atoms with Crippen LogP contribution in [0.25, 0.3) is 0 Å². The summed E-state index contributed by atoms with van der Waals surface area (Å²) in [6.45, 7) is 11.0. The van der Waals surface area contributed by atoms with Gasteiger partial charge in [0.15, 0.2) is 5.96 Å². The number of nitrogens with one attached hydrogen (secondary N) is 1. The van der Waals surface area contributed by atoms with Gasteiger partial charge in [-0.3, -0.25) is 9.67 Å². The van der Waals surface area contributed by atoms with Crippen molar-refractivity contribution in [3.8, 4) is 0 Å². The first-order chi connectivity index (χ1) is 12.5. The van der Waals surface area contributed by atoms with Gasteiger partial charge in [-0.05, 0) is 39.5 Å². The van der Waals surface area contributed by atoms with Crippen LogP contribution in [0.15, 0.2) is 17.4 Å². The second-order valence-corrected chi connectivity index (χ2v) is 7.44. The van der Waals surface area contributed by atoms with Crippen molar-refractivity contribution in [2.24, 2.45) is 18.0 Å². The summed E-state index contributed by atoms with van der Waals surface area (Å²) >= 11 is 0. The first-order valence-corrected chi connectivity index (χ1v) is 9.81. The highest BCUT2D eigenvalue weighted by Gasteiger charge is 2.26. The monoisotopic (exact) mass is 363 g/mol. The van der Waals surface area contributed by atoms with Crippen LogP contribution in [0.1, 0.15) is 31.9 Å². The summed E-state index contributed by atoms with van der Waals surface area (Å²) in [5.41, 5.74) is 1.22. The van der Waals surface area contributed by atoms with Gasteiger partial charge in [0.05, 0.1) is 12.2 Å². The van der Waals surface area contributed by atoms with E-state index in [0.717, 1.165) is 44.6 Å². The van der Waals surface area contributed by atoms with Crippen LogP contribution in [0.5, 0.6) is 0 Å². The normalized spacial score (nSPS) is 19.6. The van der Waals surface area contributed by atoms with Gasteiger partial charge in [-0.25, -0.2) is 0 Å². The molecular formula is C19H37N7. The van der Waals surface area contributed by atoms with Crippen LogP contribution in [0.3, 0.4) is 0 Å². The van der Waals surface area contributed by atoms with Crippen molar-refractivity contribution < 1.29 is 0 Å². The molecule has 7 heteroatoms. The van der Waals surface area contributed by atoms with Gasteiger partial charge in [0, 0.05) is 52.0 Å². The topological polar surface area (TPSA) is 51.9 Å². The predicted octanol–water partition coefficient (Wildman–Crippen LogP) is 1.26. The van der Waals surface area contributed by atoms with Crippen LogP contribution >= 0.6 is 0 Å². The predicted molar refractivity (Wildman–Crippen MR) is 108 cm³/mol. The Labute approximate surface area is 159 Å². The van der Waals surface area contributed by atoms with Crippen molar-refractivity contribution >= 4 is 5.96 Å². The second kappa shape index (κ2) is 9.92. The highest BCUT2D eigenvalue weighted by atomic mass is 15.3. The zero-order valence-electron chi connectivity index (χ0n) is 17.4. The highest BCUT2D eigenvalue weighted by molar-refractivity contribution is 5.80. The molecule has 1 saturated heterocycles. The van der Waals surface area contributed by atoms with Crippen LogP contribution in [-0.2, 0) is 7.05 Å². The first-order valence-electron chi connectivity index (χ1n) is 9.81. The van der Waals surface area contributed by atoms with Crippen molar-refractivity contribution in [1.29, 1.82) is 0 Å². The Bertz CT molecular complexity index is 562. The van der Waals surface area contributed by atoms with E-state index in [1.807, 2.05) is 25.0 Å². The molecule has 1 aliphatic heterocycles. The highest BCUT2D eigenvalue weighted by Crippen LogP contribution is 2.19. The number of rotatable bonds is 8. The van der Waals surface area contributed by atoms with Crippen molar-refractivity contribution in [2.75, 3.05) is 60.4 Å². The standard InChI is InChI=1S/C19H37N7/c1-7-25(8-2)13-16-9-10-26(14-16)19(20-3)21-12-18(23(4)5)17-11-22-24(6)15-17/h11,15-16,18H,7-10,12-14H2,1-6H3,(H,20,21). The molecule has 1 aliphatic rings. The average molecular weight is 364 g/mol. The van der Waals surface area contributed by atoms with Gasteiger partial charge in [0.2, 0.25) is 0 Å². The quantitative estimate of drug-likeness (QED) is 0.557. The molecule has 1 fully saturated rings. The maximum absolute atomic E-state index is 4.53. The summed E-state index contributed by atoms with van der Waals surface area (Å²) < 4.78 is 1.86. The van der Waals surface area contributed by atoms with Crippen LogP contribution < -0.4 is 5.32 Å². The molecule has 0 spiro atoms. The summed E-state index contributed by atoms with van der Waals surface area (Å²) in [6.07, 6.45) is 5.28. The Morgan fingerprint density at radius 3 is 2.65 bits per heavy atom. The number of aliphatic imine (C=N–C) groups is 1. The third-order valence-electron chi connectivity index (χ3n) is 5.39. The maximum atomic E-state index is 4.53. The molecule has 0 saturated carbocycles. The number of likely N-dealkylation sites (N-methyl/N-ethyl adjacent to an activating group) is 1. The fourth-order valence-electron chi connectivity index (χ4n) is 3.75. The molecular weight excluding hydrogens is 326 g/mol. The molecule has 0 amide bonds. The van der Waals surface area contributed by atoms with Gasteiger partial charge in [0.1, 0.15) is 0 Å². The van der Waals surface area contributed by atoms with E-state index in [-0.39, 0.29) is 6.04 Å². The minimum absolute atomic E-state index is 0.273. The van der Waals surface area contributed by atoms with E-state index in [4.69, 9.17) is 0 Å². The maximum Gasteiger partial charge on any atom is 0.193 e. The minimum Gasteiger partial charge on any atom is -0.354 e. The van der Waals surface area contributed by atoms with Crippen LogP contribution in [0, 0.1) is 5.92 Å². The van der Waals surface area contributed by atoms with E-state index in [0.29, 0.717) is 0 Å². The summed E-state index contributed by atoms with van der Waals surface area (Å²) in [5.74, 6) is 1.75. The Morgan fingerprint density at radius 1 is 1.38 bits per heavy atom. The lowest BCUT2D eigenvalue weighted by molar-refractivity contribution is 0.255. The van der Waals surface area contributed by atoms with Crippen LogP contribution in [0.2, 0.25) is 0 Å². The minimum atomic E-state index is 0.273. The van der Waals surface area contributed by atoms with E-state index in [1.165, 1.54) is 18.5 Å². The number of nitrogens with zero attached hydrogens (tertiary/aromatic N) is 6. The zero-order valence-corrected chi connectivity index (χ0v) is 17.4. The molecule has 148 valence electrons. The summed E-state index contributed by atoms with van der Waals surface area (Å²) in [5, 5.41) is 7.90. The lowest BCUT2D eigenvalue weighted by Gasteiger charge is -2.28. The van der Waals surface area contributed by atoms with E-state index >= 15 is 0 Å². The Balaban J connectivity index is 1.91. The largest absolute Gasteiger partial charge is 0.354 e. The third kappa shape index (κ3) is 5.45. The van der Waals surface area contributed by atoms with Gasteiger partial charge < -0.3 is 20.0 Å². The fourth-order valence-corrected chi connectivity index (χ4v) is 3.75. The number of likely N-dealkylation sites (tertiary alicyclic amines) is 1. The van der Waals surface area contributed by atoms with Crippen LogP contribution in [-0.4, -0.2) is 90.9 Å². The number of guanidine groups is 1. The van der Waals surface area contributed by atoms with Gasteiger partial charge in [-0.1, -0.05) is 13.8 Å². The molecule has 2 unspecified atom stereocenters. The number of aromatic nitrogens is 2. The molecule has 7 nitrogen and oxygen atoms in total. The number of hydrogen-bond acceptors (Lipinski definition) is 4. The summed E-state index contributed by atoms with van der Waals surface area (Å²) in [6, 6.07) is 0.273. The van der Waals surface area contributed by atoms with Crippen molar-refractivity contribution in [3.05, 3.63) is 18.0 Å². The lowest BCUT2D eigenvalue weighted by atomic mass is 10.1. The molecule has 1 aromatic heterocycles. The molecule has 0 aromatic carbocycles. The zero-order chi connectivity index (χ0) is 19.1. The SMILES string of the molecule is CCN(CC)CC1CCN(C(=NC)NCC(c2cnn(C)c2)N(C)C)C1. The van der Waals surface area contributed by atoms with Gasteiger partial charge in [-0.2, -0.15) is 5.10 Å². The Hall–Kier alpha value is -1.60. The Morgan fingerprint density at radius 2 is 2.12 bits per heavy atom. The average Bonchev–Trinajstić information content (AvgIpc) is 3.25. The fraction of sp³-hybridized carbons (Fsp3) is 0.789. The molecule has 26 heavy (non-hydrogen) atoms. The smallest absolute Gasteiger partial charge is 0.193 e. The van der Waals surface area contributed by atoms with Gasteiger partial charge in [-0.15, -0.1) is 0 Å². The molecule has 0 aliphatic carbocycles. The molecule has 0 bridgehead atoms. The van der Waals surface area contributed by atoms with Gasteiger partial charge >= 0.3 is 0 Å². The van der Waals surface area contributed by atoms with Crippen LogP contribution in [0.4, 0.5) is 0 Å². The molecule has 0 radical (unpaired) electrons.